The number of nitrogens with zero attached hydrogens (tertiary/aromatic N) is 2. The molecule has 37 heavy (non-hydrogen) atoms. The fourth-order valence-corrected chi connectivity index (χ4v) is 5.96. The van der Waals surface area contributed by atoms with Crippen LogP contribution in [0.4, 0.5) is 11.4 Å². The van der Waals surface area contributed by atoms with Gasteiger partial charge < -0.3 is 14.2 Å². The average molecular weight is 525 g/mol. The second kappa shape index (κ2) is 10.3. The molecular weight excluding hydrogens is 500 g/mol. The molecule has 0 N–H and O–H groups in total. The van der Waals surface area contributed by atoms with Crippen LogP contribution in [0.2, 0.25) is 0 Å². The Labute approximate surface area is 213 Å². The van der Waals surface area contributed by atoms with Gasteiger partial charge in [0.05, 0.1) is 25.7 Å². The number of carbonyl (C=O) groups excluding carboxylic acids is 1. The van der Waals surface area contributed by atoms with Crippen LogP contribution in [0, 0.1) is 10.1 Å². The first kappa shape index (κ1) is 25.7. The van der Waals surface area contributed by atoms with Gasteiger partial charge in [-0.15, -0.1) is 0 Å². The van der Waals surface area contributed by atoms with Crippen molar-refractivity contribution in [1.29, 1.82) is 0 Å². The first-order valence-electron chi connectivity index (χ1n) is 11.2. The molecular formula is C26H24N2O8S. The Kier molecular flexibility index (Phi) is 7.16. The van der Waals surface area contributed by atoms with Gasteiger partial charge in [-0.05, 0) is 61.0 Å². The van der Waals surface area contributed by atoms with Crippen molar-refractivity contribution in [1.82, 2.24) is 0 Å². The third kappa shape index (κ3) is 4.85. The highest BCUT2D eigenvalue weighted by Crippen LogP contribution is 2.45. The quantitative estimate of drug-likeness (QED) is 0.239. The maximum absolute atomic E-state index is 13.9. The highest BCUT2D eigenvalue weighted by Gasteiger charge is 2.50. The number of ether oxygens (including phenoxy) is 3. The van der Waals surface area contributed by atoms with Crippen molar-refractivity contribution in [3.63, 3.8) is 0 Å². The van der Waals surface area contributed by atoms with Gasteiger partial charge in [0.25, 0.3) is 11.6 Å². The molecule has 10 nitrogen and oxygen atoms in total. The molecule has 0 radical (unpaired) electrons. The summed E-state index contributed by atoms with van der Waals surface area (Å²) in [5.74, 6) is 0.534. The average Bonchev–Trinajstić information content (AvgIpc) is 3.09. The van der Waals surface area contributed by atoms with Crippen LogP contribution in [0.25, 0.3) is 6.08 Å². The number of rotatable bonds is 8. The Balaban J connectivity index is 1.93. The fraction of sp³-hybridized carbons (Fsp3) is 0.192. The minimum absolute atomic E-state index is 0.0810. The smallest absolute Gasteiger partial charge is 0.271 e. The first-order valence-corrected chi connectivity index (χ1v) is 12.7. The van der Waals surface area contributed by atoms with Gasteiger partial charge in [-0.1, -0.05) is 12.1 Å². The number of nitro benzene ring substituents is 1. The van der Waals surface area contributed by atoms with Crippen molar-refractivity contribution in [2.75, 3.05) is 25.7 Å². The predicted molar refractivity (Wildman–Crippen MR) is 137 cm³/mol. The van der Waals surface area contributed by atoms with Gasteiger partial charge in [-0.3, -0.25) is 19.8 Å². The van der Waals surface area contributed by atoms with Crippen LogP contribution in [-0.4, -0.2) is 40.1 Å². The van der Waals surface area contributed by atoms with E-state index in [2.05, 4.69) is 0 Å². The van der Waals surface area contributed by atoms with E-state index in [9.17, 15) is 23.3 Å². The molecule has 1 unspecified atom stereocenters. The third-order valence-electron chi connectivity index (χ3n) is 5.78. The number of methoxy groups -OCH3 is 2. The minimum atomic E-state index is -4.35. The molecule has 1 saturated heterocycles. The lowest BCUT2D eigenvalue weighted by molar-refractivity contribution is -0.384. The van der Waals surface area contributed by atoms with Crippen molar-refractivity contribution in [2.24, 2.45) is 0 Å². The van der Waals surface area contributed by atoms with Gasteiger partial charge in [0.2, 0.25) is 9.84 Å². The molecule has 0 aliphatic carbocycles. The summed E-state index contributed by atoms with van der Waals surface area (Å²) in [5.41, 5.74) is 0.394. The molecule has 4 rings (SSSR count). The molecule has 192 valence electrons. The van der Waals surface area contributed by atoms with E-state index >= 15 is 0 Å². The standard InChI is InChI=1S/C26H24N2O8S/c1-4-36-21-10-8-19(9-11-21)27-25(29)24(16-18-15-22(34-2)12-13-23(18)35-3)37(32,33)26(27)17-6-5-7-20(14-17)28(30)31/h5-16,26H,4H2,1-3H3. The van der Waals surface area contributed by atoms with E-state index in [1.165, 1.54) is 38.5 Å². The number of non-ortho nitro benzene ring substituents is 1. The summed E-state index contributed by atoms with van der Waals surface area (Å²) >= 11 is 0. The lowest BCUT2D eigenvalue weighted by atomic mass is 10.1. The van der Waals surface area contributed by atoms with Crippen molar-refractivity contribution < 1.29 is 32.3 Å². The largest absolute Gasteiger partial charge is 0.497 e. The molecule has 0 bridgehead atoms. The zero-order valence-corrected chi connectivity index (χ0v) is 21.1. The van der Waals surface area contributed by atoms with E-state index in [-0.39, 0.29) is 16.9 Å². The van der Waals surface area contributed by atoms with Crippen LogP contribution < -0.4 is 19.1 Å². The maximum atomic E-state index is 13.9. The zero-order valence-electron chi connectivity index (χ0n) is 20.3. The summed E-state index contributed by atoms with van der Waals surface area (Å²) in [4.78, 5) is 25.2. The Morgan fingerprint density at radius 2 is 1.70 bits per heavy atom. The van der Waals surface area contributed by atoms with Gasteiger partial charge in [-0.25, -0.2) is 8.42 Å². The summed E-state index contributed by atoms with van der Waals surface area (Å²) in [6.07, 6.45) is 1.23. The van der Waals surface area contributed by atoms with Gasteiger partial charge in [0, 0.05) is 23.4 Å². The number of carbonyl (C=O) groups is 1. The number of hydrogen-bond donors (Lipinski definition) is 0. The predicted octanol–water partition coefficient (Wildman–Crippen LogP) is 4.51. The summed E-state index contributed by atoms with van der Waals surface area (Å²) in [5, 5.41) is 9.88. The highest BCUT2D eigenvalue weighted by atomic mass is 32.2. The second-order valence-electron chi connectivity index (χ2n) is 7.97. The topological polar surface area (TPSA) is 125 Å². The van der Waals surface area contributed by atoms with Crippen molar-refractivity contribution >= 4 is 33.2 Å². The number of benzene rings is 3. The summed E-state index contributed by atoms with van der Waals surface area (Å²) in [7, 11) is -1.46. The Morgan fingerprint density at radius 3 is 2.32 bits per heavy atom. The van der Waals surface area contributed by atoms with Gasteiger partial charge >= 0.3 is 0 Å². The second-order valence-corrected chi connectivity index (χ2v) is 9.94. The number of amides is 1. The number of sulfone groups is 1. The van der Waals surface area contributed by atoms with Gasteiger partial charge in [0.15, 0.2) is 5.37 Å². The third-order valence-corrected chi connectivity index (χ3v) is 7.76. The van der Waals surface area contributed by atoms with Gasteiger partial charge in [-0.2, -0.15) is 0 Å². The lowest BCUT2D eigenvalue weighted by Gasteiger charge is -2.23. The molecule has 1 aliphatic heterocycles. The van der Waals surface area contributed by atoms with Crippen LogP contribution in [-0.2, 0) is 14.6 Å². The summed E-state index contributed by atoms with van der Waals surface area (Å²) < 4.78 is 43.8. The van der Waals surface area contributed by atoms with E-state index in [0.29, 0.717) is 29.4 Å². The van der Waals surface area contributed by atoms with Crippen LogP contribution in [0.15, 0.2) is 71.6 Å². The molecule has 3 aromatic rings. The van der Waals surface area contributed by atoms with Gasteiger partial charge in [0.1, 0.15) is 22.2 Å². The molecule has 11 heteroatoms. The molecule has 3 aromatic carbocycles. The number of hydrogen-bond acceptors (Lipinski definition) is 8. The van der Waals surface area contributed by atoms with Crippen LogP contribution >= 0.6 is 0 Å². The van der Waals surface area contributed by atoms with Crippen molar-refractivity contribution in [3.8, 4) is 17.2 Å². The number of nitro groups is 1. The highest BCUT2D eigenvalue weighted by molar-refractivity contribution is 7.97. The van der Waals surface area contributed by atoms with Crippen molar-refractivity contribution in [2.45, 2.75) is 12.3 Å². The van der Waals surface area contributed by atoms with Crippen molar-refractivity contribution in [3.05, 3.63) is 92.9 Å². The van der Waals surface area contributed by atoms with Crippen LogP contribution in [0.5, 0.6) is 17.2 Å². The SMILES string of the molecule is CCOc1ccc(N2C(=O)C(=Cc3cc(OC)ccc3OC)S(=O)(=O)C2c2cccc([N+](=O)[O-])c2)cc1. The molecule has 1 heterocycles. The number of anilines is 1. The fourth-order valence-electron chi connectivity index (χ4n) is 4.09. The van der Waals surface area contributed by atoms with E-state index < -0.39 is 30.9 Å². The Bertz CT molecular complexity index is 1480. The molecule has 1 atom stereocenters. The lowest BCUT2D eigenvalue weighted by Crippen LogP contribution is -2.29. The summed E-state index contributed by atoms with van der Waals surface area (Å²) in [6, 6.07) is 16.4. The monoisotopic (exact) mass is 524 g/mol. The van der Waals surface area contributed by atoms with E-state index in [0.717, 1.165) is 11.0 Å². The molecule has 1 fully saturated rings. The van der Waals surface area contributed by atoms with E-state index in [1.54, 1.807) is 42.5 Å². The van der Waals surface area contributed by atoms with Crippen LogP contribution in [0.1, 0.15) is 23.4 Å². The zero-order chi connectivity index (χ0) is 26.7. The normalized spacial score (nSPS) is 17.6. The Morgan fingerprint density at radius 1 is 1.00 bits per heavy atom. The van der Waals surface area contributed by atoms with E-state index in [4.69, 9.17) is 14.2 Å². The Hall–Kier alpha value is -4.38. The molecule has 1 amide bonds. The maximum Gasteiger partial charge on any atom is 0.271 e. The molecule has 0 saturated carbocycles. The molecule has 0 aromatic heterocycles. The molecule has 0 spiro atoms. The summed E-state index contributed by atoms with van der Waals surface area (Å²) in [6.45, 7) is 2.26. The molecule has 1 aliphatic rings. The minimum Gasteiger partial charge on any atom is -0.497 e. The van der Waals surface area contributed by atoms with Crippen LogP contribution in [0.3, 0.4) is 0 Å². The first-order chi connectivity index (χ1) is 17.7. The van der Waals surface area contributed by atoms with E-state index in [1.807, 2.05) is 6.92 Å².